The summed E-state index contributed by atoms with van der Waals surface area (Å²) in [6, 6.07) is 8.79. The van der Waals surface area contributed by atoms with Crippen LogP contribution in [-0.2, 0) is 6.42 Å². The molecule has 0 radical (unpaired) electrons. The molecule has 3 rings (SSSR count). The molecule has 0 aliphatic carbocycles. The van der Waals surface area contributed by atoms with Crippen molar-refractivity contribution in [3.05, 3.63) is 48.0 Å². The molecule has 6 heteroatoms. The van der Waals surface area contributed by atoms with Gasteiger partial charge in [-0.05, 0) is 43.4 Å². The molecule has 1 fully saturated rings. The number of aliphatic hydroxyl groups excluding tert-OH is 1. The van der Waals surface area contributed by atoms with Crippen molar-refractivity contribution >= 4 is 11.6 Å². The lowest BCUT2D eigenvalue weighted by atomic mass is 10.1. The van der Waals surface area contributed by atoms with Crippen LogP contribution in [-0.4, -0.2) is 40.8 Å². The second kappa shape index (κ2) is 8.06. The summed E-state index contributed by atoms with van der Waals surface area (Å²) in [5.41, 5.74) is 1.00. The highest BCUT2D eigenvalue weighted by molar-refractivity contribution is 5.49. The Morgan fingerprint density at radius 2 is 2.21 bits per heavy atom. The lowest BCUT2D eigenvalue weighted by molar-refractivity contribution is 0.266. The summed E-state index contributed by atoms with van der Waals surface area (Å²) >= 11 is 0. The van der Waals surface area contributed by atoms with Crippen molar-refractivity contribution in [3.63, 3.8) is 0 Å². The zero-order valence-corrected chi connectivity index (χ0v) is 13.7. The topological polar surface area (TPSA) is 61.3 Å². The number of nitrogens with one attached hydrogen (secondary N) is 1. The van der Waals surface area contributed by atoms with Crippen LogP contribution in [0.25, 0.3) is 0 Å². The van der Waals surface area contributed by atoms with Crippen molar-refractivity contribution in [1.29, 1.82) is 0 Å². The van der Waals surface area contributed by atoms with Crippen LogP contribution in [0.2, 0.25) is 0 Å². The molecule has 2 aromatic rings. The van der Waals surface area contributed by atoms with Gasteiger partial charge in [0.25, 0.3) is 0 Å². The monoisotopic (exact) mass is 330 g/mol. The van der Waals surface area contributed by atoms with Gasteiger partial charge in [0, 0.05) is 19.2 Å². The van der Waals surface area contributed by atoms with Gasteiger partial charge in [-0.3, -0.25) is 0 Å². The predicted molar refractivity (Wildman–Crippen MR) is 92.7 cm³/mol. The van der Waals surface area contributed by atoms with Gasteiger partial charge in [0.1, 0.15) is 23.8 Å². The molecule has 1 aromatic carbocycles. The van der Waals surface area contributed by atoms with Crippen LogP contribution < -0.4 is 10.2 Å². The average molecular weight is 330 g/mol. The van der Waals surface area contributed by atoms with Crippen LogP contribution in [0, 0.1) is 5.82 Å². The van der Waals surface area contributed by atoms with Gasteiger partial charge >= 0.3 is 0 Å². The molecule has 2 N–H and O–H groups in total. The Morgan fingerprint density at radius 1 is 1.29 bits per heavy atom. The van der Waals surface area contributed by atoms with Crippen LogP contribution in [0.15, 0.2) is 36.7 Å². The standard InChI is InChI=1S/C18H23FN4O/c19-15-6-1-4-14(10-15)5-2-8-20-17-11-18(22-13-21-17)23-9-3-7-16(23)12-24/h1,4,6,10-11,13,16,24H,2-3,5,7-9,12H2,(H,20,21,22). The van der Waals surface area contributed by atoms with E-state index in [0.29, 0.717) is 0 Å². The molecular formula is C18H23FN4O. The van der Waals surface area contributed by atoms with Crippen LogP contribution >= 0.6 is 0 Å². The molecular weight excluding hydrogens is 307 g/mol. The lowest BCUT2D eigenvalue weighted by Crippen LogP contribution is -2.32. The van der Waals surface area contributed by atoms with E-state index >= 15 is 0 Å². The maximum absolute atomic E-state index is 13.1. The Bertz CT molecular complexity index is 667. The van der Waals surface area contributed by atoms with Crippen LogP contribution in [0.4, 0.5) is 16.0 Å². The fraction of sp³-hybridized carbons (Fsp3) is 0.444. The second-order valence-corrected chi connectivity index (χ2v) is 6.09. The highest BCUT2D eigenvalue weighted by Crippen LogP contribution is 2.24. The first-order valence-electron chi connectivity index (χ1n) is 8.44. The van der Waals surface area contributed by atoms with Gasteiger partial charge in [-0.2, -0.15) is 0 Å². The Labute approximate surface area is 141 Å². The first-order valence-corrected chi connectivity index (χ1v) is 8.44. The first kappa shape index (κ1) is 16.6. The van der Waals surface area contributed by atoms with Gasteiger partial charge in [0.15, 0.2) is 0 Å². The van der Waals surface area contributed by atoms with Crippen molar-refractivity contribution in [2.45, 2.75) is 31.7 Å². The Hall–Kier alpha value is -2.21. The summed E-state index contributed by atoms with van der Waals surface area (Å²) in [5, 5.41) is 12.7. The van der Waals surface area contributed by atoms with E-state index in [0.717, 1.165) is 56.0 Å². The fourth-order valence-corrected chi connectivity index (χ4v) is 3.13. The van der Waals surface area contributed by atoms with Crippen molar-refractivity contribution in [1.82, 2.24) is 9.97 Å². The van der Waals surface area contributed by atoms with Crippen LogP contribution in [0.1, 0.15) is 24.8 Å². The van der Waals surface area contributed by atoms with E-state index in [2.05, 4.69) is 20.2 Å². The molecule has 2 heterocycles. The third kappa shape index (κ3) is 4.20. The molecule has 1 unspecified atom stereocenters. The normalized spacial score (nSPS) is 17.2. The van der Waals surface area contributed by atoms with E-state index in [4.69, 9.17) is 0 Å². The summed E-state index contributed by atoms with van der Waals surface area (Å²) in [6.07, 6.45) is 5.34. The van der Waals surface area contributed by atoms with E-state index < -0.39 is 0 Å². The molecule has 0 amide bonds. The fourth-order valence-electron chi connectivity index (χ4n) is 3.13. The van der Waals surface area contributed by atoms with Crippen molar-refractivity contribution < 1.29 is 9.50 Å². The molecule has 1 aliphatic heterocycles. The molecule has 1 aliphatic rings. The quantitative estimate of drug-likeness (QED) is 0.764. The Kier molecular flexibility index (Phi) is 5.59. The number of aryl methyl sites for hydroxylation is 1. The van der Waals surface area contributed by atoms with E-state index in [9.17, 15) is 9.50 Å². The van der Waals surface area contributed by atoms with Crippen molar-refractivity contribution in [3.8, 4) is 0 Å². The molecule has 0 bridgehead atoms. The summed E-state index contributed by atoms with van der Waals surface area (Å²) in [4.78, 5) is 10.7. The number of halogens is 1. The number of rotatable bonds is 7. The Morgan fingerprint density at radius 3 is 3.04 bits per heavy atom. The van der Waals surface area contributed by atoms with Gasteiger partial charge in [0.2, 0.25) is 0 Å². The summed E-state index contributed by atoms with van der Waals surface area (Å²) in [6.45, 7) is 1.83. The maximum atomic E-state index is 13.1. The highest BCUT2D eigenvalue weighted by Gasteiger charge is 2.25. The molecule has 128 valence electrons. The van der Waals surface area contributed by atoms with E-state index in [1.54, 1.807) is 18.5 Å². The summed E-state index contributed by atoms with van der Waals surface area (Å²) < 4.78 is 13.1. The third-order valence-corrected chi connectivity index (χ3v) is 4.37. The molecule has 5 nitrogen and oxygen atoms in total. The number of aliphatic hydroxyl groups is 1. The zero-order valence-electron chi connectivity index (χ0n) is 13.7. The third-order valence-electron chi connectivity index (χ3n) is 4.37. The van der Waals surface area contributed by atoms with E-state index in [-0.39, 0.29) is 18.5 Å². The molecule has 0 spiro atoms. The summed E-state index contributed by atoms with van der Waals surface area (Å²) in [7, 11) is 0. The minimum Gasteiger partial charge on any atom is -0.394 e. The molecule has 0 saturated carbocycles. The summed E-state index contributed by atoms with van der Waals surface area (Å²) in [5.74, 6) is 1.45. The van der Waals surface area contributed by atoms with E-state index in [1.807, 2.05) is 12.1 Å². The van der Waals surface area contributed by atoms with Gasteiger partial charge in [0.05, 0.1) is 12.6 Å². The predicted octanol–water partition coefficient (Wildman–Crippen LogP) is 2.62. The van der Waals surface area contributed by atoms with Gasteiger partial charge in [-0.1, -0.05) is 12.1 Å². The molecule has 1 atom stereocenters. The number of nitrogens with zero attached hydrogens (tertiary/aromatic N) is 3. The second-order valence-electron chi connectivity index (χ2n) is 6.09. The largest absolute Gasteiger partial charge is 0.394 e. The lowest BCUT2D eigenvalue weighted by Gasteiger charge is -2.24. The zero-order chi connectivity index (χ0) is 16.8. The smallest absolute Gasteiger partial charge is 0.134 e. The van der Waals surface area contributed by atoms with Crippen molar-refractivity contribution in [2.75, 3.05) is 29.9 Å². The van der Waals surface area contributed by atoms with Crippen LogP contribution in [0.3, 0.4) is 0 Å². The van der Waals surface area contributed by atoms with Gasteiger partial charge in [-0.25, -0.2) is 14.4 Å². The van der Waals surface area contributed by atoms with Crippen molar-refractivity contribution in [2.24, 2.45) is 0 Å². The number of aromatic nitrogens is 2. The minimum atomic E-state index is -0.190. The molecule has 24 heavy (non-hydrogen) atoms. The van der Waals surface area contributed by atoms with E-state index in [1.165, 1.54) is 6.07 Å². The maximum Gasteiger partial charge on any atom is 0.134 e. The number of hydrogen-bond acceptors (Lipinski definition) is 5. The van der Waals surface area contributed by atoms with Gasteiger partial charge < -0.3 is 15.3 Å². The van der Waals surface area contributed by atoms with Crippen LogP contribution in [0.5, 0.6) is 0 Å². The number of anilines is 2. The molecule has 1 aromatic heterocycles. The number of benzene rings is 1. The first-order chi connectivity index (χ1) is 11.8. The minimum absolute atomic E-state index is 0.153. The highest BCUT2D eigenvalue weighted by atomic mass is 19.1. The Balaban J connectivity index is 1.51. The SMILES string of the molecule is OCC1CCCN1c1cc(NCCCc2cccc(F)c2)ncn1. The molecule has 1 saturated heterocycles. The average Bonchev–Trinajstić information content (AvgIpc) is 3.08. The van der Waals surface area contributed by atoms with Gasteiger partial charge in [-0.15, -0.1) is 0 Å². The number of hydrogen-bond donors (Lipinski definition) is 2.